The fourth-order valence-corrected chi connectivity index (χ4v) is 0.827. The average Bonchev–Trinajstić information content (AvgIpc) is 2.17. The van der Waals surface area contributed by atoms with Gasteiger partial charge in [0, 0.05) is 19.8 Å². The van der Waals surface area contributed by atoms with Gasteiger partial charge in [-0.25, -0.2) is 4.79 Å². The number of rotatable bonds is 7. The van der Waals surface area contributed by atoms with E-state index in [4.69, 9.17) is 4.74 Å². The molecule has 0 heterocycles. The van der Waals surface area contributed by atoms with Crippen LogP contribution in [0.3, 0.4) is 0 Å². The number of urea groups is 1. The van der Waals surface area contributed by atoms with Crippen molar-refractivity contribution in [3.8, 4) is 0 Å². The summed E-state index contributed by atoms with van der Waals surface area (Å²) in [5, 5.41) is 15.0. The summed E-state index contributed by atoms with van der Waals surface area (Å²) in [4.78, 5) is 21.3. The van der Waals surface area contributed by atoms with Gasteiger partial charge in [-0.1, -0.05) is 0 Å². The number of hydrogen-bond acceptors (Lipinski definition) is 4. The zero-order chi connectivity index (χ0) is 11.7. The first-order chi connectivity index (χ1) is 7.07. The summed E-state index contributed by atoms with van der Waals surface area (Å²) in [5.74, 6) is -1.31. The molecule has 0 aromatic rings. The summed E-state index contributed by atoms with van der Waals surface area (Å²) >= 11 is 0. The molecule has 0 saturated carbocycles. The molecule has 0 bridgehead atoms. The van der Waals surface area contributed by atoms with Gasteiger partial charge in [0.05, 0.1) is 12.0 Å². The topological polar surface area (TPSA) is 90.5 Å². The number of amides is 2. The Morgan fingerprint density at radius 2 is 2.13 bits per heavy atom. The molecule has 0 radical (unpaired) electrons. The van der Waals surface area contributed by atoms with Crippen molar-refractivity contribution < 1.29 is 19.4 Å². The molecule has 2 amide bonds. The van der Waals surface area contributed by atoms with Crippen LogP contribution in [0.25, 0.3) is 0 Å². The summed E-state index contributed by atoms with van der Waals surface area (Å²) in [6.07, 6.45) is 0.695. The number of carbonyl (C=O) groups excluding carboxylic acids is 2. The van der Waals surface area contributed by atoms with E-state index >= 15 is 0 Å². The van der Waals surface area contributed by atoms with Crippen molar-refractivity contribution in [2.45, 2.75) is 26.3 Å². The molecule has 15 heavy (non-hydrogen) atoms. The molecule has 0 spiro atoms. The van der Waals surface area contributed by atoms with Gasteiger partial charge in [0.15, 0.2) is 0 Å². The molecule has 0 aliphatic heterocycles. The van der Waals surface area contributed by atoms with Crippen molar-refractivity contribution in [3.05, 3.63) is 0 Å². The van der Waals surface area contributed by atoms with Crippen LogP contribution in [0.1, 0.15) is 20.3 Å². The standard InChI is InChI=1S/C9H18N2O4/c1-3-15-6-4-5-10-9(14)11-7(2)8(12)13/h7H,3-6H2,1-2H3,(H,12,13)(H2,10,11,14)/p-1/t7-/m0/s1. The van der Waals surface area contributed by atoms with Gasteiger partial charge in [-0.2, -0.15) is 0 Å². The minimum atomic E-state index is -1.31. The minimum Gasteiger partial charge on any atom is -0.548 e. The Bertz CT molecular complexity index is 208. The second-order valence-electron chi connectivity index (χ2n) is 2.99. The van der Waals surface area contributed by atoms with Gasteiger partial charge >= 0.3 is 6.03 Å². The van der Waals surface area contributed by atoms with Crippen LogP contribution < -0.4 is 15.7 Å². The van der Waals surface area contributed by atoms with Crippen molar-refractivity contribution in [3.63, 3.8) is 0 Å². The number of hydrogen-bond donors (Lipinski definition) is 2. The lowest BCUT2D eigenvalue weighted by Gasteiger charge is -2.15. The van der Waals surface area contributed by atoms with Crippen LogP contribution in [-0.2, 0) is 9.53 Å². The van der Waals surface area contributed by atoms with Crippen LogP contribution in [0.15, 0.2) is 0 Å². The maximum Gasteiger partial charge on any atom is 0.315 e. The second kappa shape index (κ2) is 8.05. The number of nitrogens with one attached hydrogen (secondary N) is 2. The zero-order valence-electron chi connectivity index (χ0n) is 9.04. The molecule has 0 rings (SSSR count). The Kier molecular flexibility index (Phi) is 7.35. The zero-order valence-corrected chi connectivity index (χ0v) is 9.04. The molecule has 6 nitrogen and oxygen atoms in total. The lowest BCUT2D eigenvalue weighted by Crippen LogP contribution is -2.49. The first-order valence-corrected chi connectivity index (χ1v) is 4.91. The van der Waals surface area contributed by atoms with Crippen LogP contribution >= 0.6 is 0 Å². The van der Waals surface area contributed by atoms with Crippen LogP contribution in [0.5, 0.6) is 0 Å². The summed E-state index contributed by atoms with van der Waals surface area (Å²) in [7, 11) is 0. The maximum atomic E-state index is 11.0. The van der Waals surface area contributed by atoms with Gasteiger partial charge in [0.1, 0.15) is 0 Å². The van der Waals surface area contributed by atoms with E-state index in [0.717, 1.165) is 0 Å². The molecular weight excluding hydrogens is 200 g/mol. The highest BCUT2D eigenvalue weighted by molar-refractivity contribution is 5.81. The average molecular weight is 217 g/mol. The molecule has 0 aromatic carbocycles. The lowest BCUT2D eigenvalue weighted by molar-refractivity contribution is -0.307. The van der Waals surface area contributed by atoms with Crippen LogP contribution in [0.4, 0.5) is 4.79 Å². The molecule has 0 saturated heterocycles. The second-order valence-corrected chi connectivity index (χ2v) is 2.99. The maximum absolute atomic E-state index is 11.0. The SMILES string of the molecule is CCOCCCNC(=O)N[C@@H](C)C(=O)[O-]. The molecule has 0 aliphatic rings. The smallest absolute Gasteiger partial charge is 0.315 e. The summed E-state index contributed by atoms with van der Waals surface area (Å²) in [5.41, 5.74) is 0. The van der Waals surface area contributed by atoms with Gasteiger partial charge in [-0.05, 0) is 20.3 Å². The number of carboxylic acids is 1. The van der Waals surface area contributed by atoms with E-state index in [0.29, 0.717) is 26.2 Å². The van der Waals surface area contributed by atoms with E-state index in [1.165, 1.54) is 6.92 Å². The van der Waals surface area contributed by atoms with Gasteiger partial charge in [-0.15, -0.1) is 0 Å². The summed E-state index contributed by atoms with van der Waals surface area (Å²) < 4.78 is 5.06. The third-order valence-corrected chi connectivity index (χ3v) is 1.66. The van der Waals surface area contributed by atoms with Crippen molar-refractivity contribution in [1.82, 2.24) is 10.6 Å². The Balaban J connectivity index is 3.45. The first-order valence-electron chi connectivity index (χ1n) is 4.91. The van der Waals surface area contributed by atoms with Crippen molar-refractivity contribution in [1.29, 1.82) is 0 Å². The summed E-state index contributed by atoms with van der Waals surface area (Å²) in [6.45, 7) is 4.91. The Morgan fingerprint density at radius 1 is 1.47 bits per heavy atom. The molecule has 0 aliphatic carbocycles. The van der Waals surface area contributed by atoms with Gasteiger partial charge in [0.25, 0.3) is 0 Å². The highest BCUT2D eigenvalue weighted by Gasteiger charge is 2.06. The molecule has 0 fully saturated rings. The Hall–Kier alpha value is -1.30. The predicted molar refractivity (Wildman–Crippen MR) is 52.1 cm³/mol. The van der Waals surface area contributed by atoms with E-state index in [9.17, 15) is 14.7 Å². The van der Waals surface area contributed by atoms with Crippen LogP contribution in [0.2, 0.25) is 0 Å². The molecule has 0 aromatic heterocycles. The van der Waals surface area contributed by atoms with Crippen molar-refractivity contribution >= 4 is 12.0 Å². The largest absolute Gasteiger partial charge is 0.548 e. The van der Waals surface area contributed by atoms with Crippen LogP contribution in [0, 0.1) is 0 Å². The highest BCUT2D eigenvalue weighted by atomic mass is 16.5. The fraction of sp³-hybridized carbons (Fsp3) is 0.778. The number of carbonyl (C=O) groups is 2. The predicted octanol–water partition coefficient (Wildman–Crippen LogP) is -1.15. The van der Waals surface area contributed by atoms with Crippen molar-refractivity contribution in [2.75, 3.05) is 19.8 Å². The third-order valence-electron chi connectivity index (χ3n) is 1.66. The molecule has 88 valence electrons. The Labute approximate surface area is 89.0 Å². The molecule has 0 unspecified atom stereocenters. The number of carboxylic acid groups (broad SMARTS) is 1. The molecule has 6 heteroatoms. The van der Waals surface area contributed by atoms with Gasteiger partial charge in [0.2, 0.25) is 0 Å². The first kappa shape index (κ1) is 13.7. The van der Waals surface area contributed by atoms with E-state index in [1.54, 1.807) is 0 Å². The monoisotopic (exact) mass is 217 g/mol. The van der Waals surface area contributed by atoms with E-state index in [1.807, 2.05) is 6.92 Å². The van der Waals surface area contributed by atoms with Gasteiger partial charge < -0.3 is 25.3 Å². The van der Waals surface area contributed by atoms with Gasteiger partial charge in [-0.3, -0.25) is 0 Å². The molecule has 2 N–H and O–H groups in total. The van der Waals surface area contributed by atoms with Crippen molar-refractivity contribution in [2.24, 2.45) is 0 Å². The third kappa shape index (κ3) is 7.75. The lowest BCUT2D eigenvalue weighted by atomic mass is 10.3. The highest BCUT2D eigenvalue weighted by Crippen LogP contribution is 1.82. The summed E-state index contributed by atoms with van der Waals surface area (Å²) in [6, 6.07) is -1.50. The quantitative estimate of drug-likeness (QED) is 0.527. The minimum absolute atomic E-state index is 0.450. The number of aliphatic carboxylic acids is 1. The molecule has 1 atom stereocenters. The van der Waals surface area contributed by atoms with E-state index < -0.39 is 18.0 Å². The normalized spacial score (nSPS) is 11.9. The van der Waals surface area contributed by atoms with Crippen LogP contribution in [-0.4, -0.2) is 37.8 Å². The van der Waals surface area contributed by atoms with E-state index in [-0.39, 0.29) is 0 Å². The van der Waals surface area contributed by atoms with E-state index in [2.05, 4.69) is 10.6 Å². The number of ether oxygens (including phenoxy) is 1. The Morgan fingerprint density at radius 3 is 2.67 bits per heavy atom. The fourth-order valence-electron chi connectivity index (χ4n) is 0.827. The molecular formula is C9H17N2O4-.